The Morgan fingerprint density at radius 2 is 1.16 bits per heavy atom. The van der Waals surface area contributed by atoms with Crippen molar-refractivity contribution in [1.29, 1.82) is 0 Å². The molecule has 0 amide bonds. The Morgan fingerprint density at radius 1 is 0.684 bits per heavy atom. The third-order valence-electron chi connectivity index (χ3n) is 8.16. The zero-order valence-corrected chi connectivity index (χ0v) is 25.4. The van der Waals surface area contributed by atoms with E-state index in [1.54, 1.807) is 0 Å². The molecule has 0 saturated heterocycles. The molecule has 2 aliphatic rings. The van der Waals surface area contributed by atoms with Crippen LogP contribution in [0.4, 0.5) is 0 Å². The first-order valence-electron chi connectivity index (χ1n) is 15.1. The first-order valence-corrected chi connectivity index (χ1v) is 16.6. The molecule has 4 nitrogen and oxygen atoms in total. The number of hydrogen-bond donors (Lipinski definition) is 0. The quantitative estimate of drug-likeness (QED) is 0.281. The van der Waals surface area contributed by atoms with Crippen LogP contribution in [0.3, 0.4) is 0 Å². The van der Waals surface area contributed by atoms with Gasteiger partial charge in [-0.3, -0.25) is 9.05 Å². The maximum Gasteiger partial charge on any atom is 0.530 e. The van der Waals surface area contributed by atoms with Gasteiger partial charge in [-0.05, 0) is 71.8 Å². The monoisotopic (exact) mass is 540 g/mol. The van der Waals surface area contributed by atoms with Gasteiger partial charge in [0.2, 0.25) is 0 Å². The summed E-state index contributed by atoms with van der Waals surface area (Å²) in [5.74, 6) is 1.69. The highest BCUT2D eigenvalue weighted by Crippen LogP contribution is 2.56. The van der Waals surface area contributed by atoms with Gasteiger partial charge >= 0.3 is 7.82 Å². The minimum absolute atomic E-state index is 0.0758. The van der Waals surface area contributed by atoms with E-state index in [0.717, 1.165) is 56.9 Å². The molecule has 210 valence electrons. The number of benzene rings is 2. The van der Waals surface area contributed by atoms with Gasteiger partial charge in [0.05, 0.1) is 12.2 Å². The van der Waals surface area contributed by atoms with E-state index in [2.05, 4.69) is 59.7 Å². The number of hydrogen-bond acceptors (Lipinski definition) is 4. The highest BCUT2D eigenvalue weighted by atomic mass is 31.2. The number of phosphoric acid groups is 1. The fourth-order valence-electron chi connectivity index (χ4n) is 5.91. The van der Waals surface area contributed by atoms with E-state index in [4.69, 9.17) is 13.6 Å². The zero-order chi connectivity index (χ0) is 27.3. The van der Waals surface area contributed by atoms with E-state index in [1.165, 1.54) is 35.1 Å². The van der Waals surface area contributed by atoms with Crippen LogP contribution in [0.5, 0.6) is 5.75 Å². The van der Waals surface area contributed by atoms with Gasteiger partial charge in [-0.2, -0.15) is 0 Å². The van der Waals surface area contributed by atoms with Crippen LogP contribution in [-0.4, -0.2) is 12.2 Å². The van der Waals surface area contributed by atoms with E-state index < -0.39 is 7.82 Å². The summed E-state index contributed by atoms with van der Waals surface area (Å²) in [5.41, 5.74) is 6.11. The Bertz CT molecular complexity index is 1040. The van der Waals surface area contributed by atoms with Crippen molar-refractivity contribution in [3.8, 4) is 16.9 Å². The molecule has 5 heteroatoms. The van der Waals surface area contributed by atoms with Gasteiger partial charge in [-0.25, -0.2) is 4.57 Å². The molecule has 0 spiro atoms. The maximum atomic E-state index is 14.4. The summed E-state index contributed by atoms with van der Waals surface area (Å²) < 4.78 is 33.5. The summed E-state index contributed by atoms with van der Waals surface area (Å²) in [6, 6.07) is 12.7. The van der Waals surface area contributed by atoms with E-state index in [9.17, 15) is 4.57 Å². The second-order valence-electron chi connectivity index (χ2n) is 12.3. The van der Waals surface area contributed by atoms with Crippen LogP contribution in [-0.2, 0) is 13.6 Å². The lowest BCUT2D eigenvalue weighted by atomic mass is 9.81. The van der Waals surface area contributed by atoms with Crippen molar-refractivity contribution < 1.29 is 18.1 Å². The van der Waals surface area contributed by atoms with Gasteiger partial charge in [0, 0.05) is 5.56 Å². The molecule has 0 aromatic heterocycles. The van der Waals surface area contributed by atoms with Crippen LogP contribution in [0, 0.1) is 0 Å². The molecule has 2 aromatic carbocycles. The van der Waals surface area contributed by atoms with Gasteiger partial charge in [0.1, 0.15) is 5.75 Å². The van der Waals surface area contributed by atoms with E-state index in [0.29, 0.717) is 23.5 Å². The van der Waals surface area contributed by atoms with Gasteiger partial charge in [-0.1, -0.05) is 110 Å². The minimum atomic E-state index is -3.83. The van der Waals surface area contributed by atoms with Crippen LogP contribution >= 0.6 is 7.82 Å². The van der Waals surface area contributed by atoms with Gasteiger partial charge < -0.3 is 4.52 Å². The summed E-state index contributed by atoms with van der Waals surface area (Å²) >= 11 is 0. The third kappa shape index (κ3) is 7.32. The van der Waals surface area contributed by atoms with Crippen LogP contribution in [0.2, 0.25) is 0 Å². The maximum absolute atomic E-state index is 14.4. The Labute approximate surface area is 231 Å². The molecule has 2 aromatic rings. The Hall–Kier alpha value is -1.61. The largest absolute Gasteiger partial charge is 0.530 e. The van der Waals surface area contributed by atoms with Gasteiger partial charge in [-0.15, -0.1) is 0 Å². The molecule has 0 bridgehead atoms. The molecule has 2 fully saturated rings. The molecule has 38 heavy (non-hydrogen) atoms. The molecule has 2 aliphatic carbocycles. The number of para-hydroxylation sites is 1. The molecular weight excluding hydrogens is 491 g/mol. The topological polar surface area (TPSA) is 44.8 Å². The first-order chi connectivity index (χ1) is 18.2. The lowest BCUT2D eigenvalue weighted by Crippen LogP contribution is -2.22. The first kappa shape index (κ1) is 29.4. The second kappa shape index (κ2) is 13.2. The predicted molar refractivity (Wildman–Crippen MR) is 158 cm³/mol. The second-order valence-corrected chi connectivity index (χ2v) is 13.8. The number of rotatable bonds is 10. The van der Waals surface area contributed by atoms with Crippen molar-refractivity contribution in [2.24, 2.45) is 0 Å². The summed E-state index contributed by atoms with van der Waals surface area (Å²) in [5, 5.41) is 0. The lowest BCUT2D eigenvalue weighted by molar-refractivity contribution is 0.0515. The van der Waals surface area contributed by atoms with Crippen LogP contribution in [0.25, 0.3) is 11.1 Å². The minimum Gasteiger partial charge on any atom is -0.403 e. The van der Waals surface area contributed by atoms with Crippen LogP contribution in [0.1, 0.15) is 140 Å². The summed E-state index contributed by atoms with van der Waals surface area (Å²) in [6.45, 7) is 13.5. The summed E-state index contributed by atoms with van der Waals surface area (Å²) in [4.78, 5) is 0. The molecule has 0 aliphatic heterocycles. The van der Waals surface area contributed by atoms with Crippen LogP contribution in [0.15, 0.2) is 36.4 Å². The molecule has 0 atom stereocenters. The van der Waals surface area contributed by atoms with Crippen molar-refractivity contribution in [3.05, 3.63) is 53.1 Å². The standard InChI is InChI=1S/C33H49O4P/c1-23(2)26-21-30(24(3)4)33(31(22-26)25(5)6)29-19-13-14-20-32(29)37-38(34,35-27-15-9-7-10-16-27)36-28-17-11-8-12-18-28/h13-14,19-25,27-28H,7-12,15-18H2,1-6H3. The SMILES string of the molecule is CC(C)c1cc(C(C)C)c(-c2ccccc2OP(=O)(OC2CCCCC2)OC2CCCCC2)c(C(C)C)c1. The Morgan fingerprint density at radius 3 is 1.61 bits per heavy atom. The van der Waals surface area contributed by atoms with E-state index >= 15 is 0 Å². The fraction of sp³-hybridized carbons (Fsp3) is 0.636. The summed E-state index contributed by atoms with van der Waals surface area (Å²) in [6.07, 6.45) is 10.3. The van der Waals surface area contributed by atoms with E-state index in [1.807, 2.05) is 18.2 Å². The average molecular weight is 541 g/mol. The van der Waals surface area contributed by atoms with E-state index in [-0.39, 0.29) is 12.2 Å². The Kier molecular flexibility index (Phi) is 10.2. The molecule has 0 radical (unpaired) electrons. The molecule has 0 unspecified atom stereocenters. The molecule has 4 rings (SSSR count). The normalized spacial score (nSPS) is 18.0. The van der Waals surface area contributed by atoms with Gasteiger partial charge in [0.15, 0.2) is 0 Å². The molecule has 0 N–H and O–H groups in total. The highest BCUT2D eigenvalue weighted by Gasteiger charge is 2.37. The van der Waals surface area contributed by atoms with Crippen molar-refractivity contribution in [1.82, 2.24) is 0 Å². The highest BCUT2D eigenvalue weighted by molar-refractivity contribution is 7.49. The van der Waals surface area contributed by atoms with Crippen molar-refractivity contribution >= 4 is 7.82 Å². The van der Waals surface area contributed by atoms with Crippen molar-refractivity contribution in [3.63, 3.8) is 0 Å². The smallest absolute Gasteiger partial charge is 0.403 e. The third-order valence-corrected chi connectivity index (χ3v) is 9.69. The zero-order valence-electron chi connectivity index (χ0n) is 24.5. The van der Waals surface area contributed by atoms with Crippen molar-refractivity contribution in [2.75, 3.05) is 0 Å². The predicted octanol–water partition coefficient (Wildman–Crippen LogP) is 10.9. The Balaban J connectivity index is 1.77. The van der Waals surface area contributed by atoms with Crippen LogP contribution < -0.4 is 4.52 Å². The van der Waals surface area contributed by atoms with Gasteiger partial charge in [0.25, 0.3) is 0 Å². The summed E-state index contributed by atoms with van der Waals surface area (Å²) in [7, 11) is -3.83. The lowest BCUT2D eigenvalue weighted by Gasteiger charge is -2.31. The fourth-order valence-corrected chi connectivity index (χ4v) is 7.60. The number of phosphoric ester groups is 1. The molecule has 0 heterocycles. The molecule has 2 saturated carbocycles. The molecular formula is C33H49O4P. The average Bonchev–Trinajstić information content (AvgIpc) is 2.89. The van der Waals surface area contributed by atoms with Crippen molar-refractivity contribution in [2.45, 2.75) is 136 Å².